The van der Waals surface area contributed by atoms with Crippen LogP contribution in [0.5, 0.6) is 0 Å². The van der Waals surface area contributed by atoms with Gasteiger partial charge in [0.15, 0.2) is 0 Å². The lowest BCUT2D eigenvalue weighted by Gasteiger charge is -2.38. The minimum atomic E-state index is 0.102. The number of amides is 1. The number of aromatic nitrogens is 2. The molecule has 3 heterocycles. The number of rotatable bonds is 3. The Bertz CT molecular complexity index is 498. The average Bonchev–Trinajstić information content (AvgIpc) is 3.07. The molecule has 3 rings (SSSR count). The molecule has 1 aromatic heterocycles. The molecule has 0 bridgehead atoms. The predicted molar refractivity (Wildman–Crippen MR) is 82.0 cm³/mol. The SMILES string of the molecule is Cc1cnn(C[C@@H]2CCCCN2C(=O)[C@H]2CCCN2C)c1. The van der Waals surface area contributed by atoms with Crippen molar-refractivity contribution in [3.05, 3.63) is 18.0 Å². The monoisotopic (exact) mass is 290 g/mol. The molecule has 1 aromatic rings. The summed E-state index contributed by atoms with van der Waals surface area (Å²) in [5.74, 6) is 0.337. The molecule has 116 valence electrons. The molecule has 2 saturated heterocycles. The van der Waals surface area contributed by atoms with Crippen LogP contribution in [-0.4, -0.2) is 57.7 Å². The van der Waals surface area contributed by atoms with Crippen molar-refractivity contribution < 1.29 is 4.79 Å². The van der Waals surface area contributed by atoms with Crippen molar-refractivity contribution in [2.24, 2.45) is 0 Å². The van der Waals surface area contributed by atoms with Crippen LogP contribution < -0.4 is 0 Å². The maximum atomic E-state index is 12.9. The van der Waals surface area contributed by atoms with Crippen LogP contribution in [0.1, 0.15) is 37.7 Å². The van der Waals surface area contributed by atoms with Gasteiger partial charge in [-0.15, -0.1) is 0 Å². The molecule has 5 heteroatoms. The van der Waals surface area contributed by atoms with E-state index in [0.717, 1.165) is 45.3 Å². The average molecular weight is 290 g/mol. The van der Waals surface area contributed by atoms with Gasteiger partial charge < -0.3 is 4.90 Å². The molecular formula is C16H26N4O. The zero-order valence-corrected chi connectivity index (χ0v) is 13.2. The summed E-state index contributed by atoms with van der Waals surface area (Å²) in [6.45, 7) is 4.85. The van der Waals surface area contributed by atoms with Gasteiger partial charge in [-0.05, 0) is 58.2 Å². The molecule has 2 aliphatic rings. The summed E-state index contributed by atoms with van der Waals surface area (Å²) in [4.78, 5) is 17.2. The highest BCUT2D eigenvalue weighted by molar-refractivity contribution is 5.82. The fraction of sp³-hybridized carbons (Fsp3) is 0.750. The number of likely N-dealkylation sites (tertiary alicyclic amines) is 2. The largest absolute Gasteiger partial charge is 0.336 e. The number of nitrogens with zero attached hydrogens (tertiary/aromatic N) is 4. The maximum absolute atomic E-state index is 12.9. The van der Waals surface area contributed by atoms with Crippen molar-refractivity contribution in [1.29, 1.82) is 0 Å². The Morgan fingerprint density at radius 2 is 2.14 bits per heavy atom. The van der Waals surface area contributed by atoms with E-state index in [2.05, 4.69) is 35.1 Å². The summed E-state index contributed by atoms with van der Waals surface area (Å²) in [7, 11) is 2.07. The fourth-order valence-corrected chi connectivity index (χ4v) is 3.68. The Morgan fingerprint density at radius 3 is 2.81 bits per heavy atom. The van der Waals surface area contributed by atoms with Crippen LogP contribution in [0.4, 0.5) is 0 Å². The van der Waals surface area contributed by atoms with Gasteiger partial charge in [-0.2, -0.15) is 5.10 Å². The zero-order valence-electron chi connectivity index (χ0n) is 13.2. The van der Waals surface area contributed by atoms with E-state index in [1.54, 1.807) is 0 Å². The summed E-state index contributed by atoms with van der Waals surface area (Å²) in [6, 6.07) is 0.407. The molecule has 1 amide bonds. The van der Waals surface area contributed by atoms with Crippen LogP contribution in [-0.2, 0) is 11.3 Å². The minimum absolute atomic E-state index is 0.102. The Kier molecular flexibility index (Phi) is 4.29. The van der Waals surface area contributed by atoms with Crippen molar-refractivity contribution >= 4 is 5.91 Å². The Hall–Kier alpha value is -1.36. The van der Waals surface area contributed by atoms with Gasteiger partial charge in [-0.25, -0.2) is 0 Å². The molecule has 0 unspecified atom stereocenters. The lowest BCUT2D eigenvalue weighted by Crippen LogP contribution is -2.52. The lowest BCUT2D eigenvalue weighted by atomic mass is 10.0. The molecular weight excluding hydrogens is 264 g/mol. The summed E-state index contributed by atoms with van der Waals surface area (Å²) in [5.41, 5.74) is 1.18. The number of hydrogen-bond acceptors (Lipinski definition) is 3. The topological polar surface area (TPSA) is 41.4 Å². The van der Waals surface area contributed by atoms with E-state index in [1.165, 1.54) is 12.0 Å². The van der Waals surface area contributed by atoms with Crippen LogP contribution in [0.3, 0.4) is 0 Å². The van der Waals surface area contributed by atoms with Gasteiger partial charge in [0.05, 0.1) is 24.8 Å². The van der Waals surface area contributed by atoms with Gasteiger partial charge in [0.1, 0.15) is 0 Å². The third-order valence-corrected chi connectivity index (χ3v) is 4.88. The first-order valence-electron chi connectivity index (χ1n) is 8.15. The summed E-state index contributed by atoms with van der Waals surface area (Å²) < 4.78 is 1.99. The second-order valence-electron chi connectivity index (χ2n) is 6.56. The molecule has 2 atom stereocenters. The number of piperidine rings is 1. The Labute approximate surface area is 126 Å². The van der Waals surface area contributed by atoms with E-state index < -0.39 is 0 Å². The highest BCUT2D eigenvalue weighted by Crippen LogP contribution is 2.24. The summed E-state index contributed by atoms with van der Waals surface area (Å²) in [5, 5.41) is 4.38. The lowest BCUT2D eigenvalue weighted by molar-refractivity contribution is -0.139. The third kappa shape index (κ3) is 3.12. The molecule has 2 aliphatic heterocycles. The van der Waals surface area contributed by atoms with Crippen LogP contribution in [0.15, 0.2) is 12.4 Å². The molecule has 0 N–H and O–H groups in total. The first-order chi connectivity index (χ1) is 10.1. The highest BCUT2D eigenvalue weighted by atomic mass is 16.2. The predicted octanol–water partition coefficient (Wildman–Crippen LogP) is 1.67. The van der Waals surface area contributed by atoms with E-state index in [1.807, 2.05) is 10.9 Å². The summed E-state index contributed by atoms with van der Waals surface area (Å²) in [6.07, 6.45) is 9.56. The van der Waals surface area contributed by atoms with Crippen molar-refractivity contribution in [3.63, 3.8) is 0 Å². The third-order valence-electron chi connectivity index (χ3n) is 4.88. The molecule has 0 aromatic carbocycles. The quantitative estimate of drug-likeness (QED) is 0.850. The van der Waals surface area contributed by atoms with E-state index in [0.29, 0.717) is 11.9 Å². The van der Waals surface area contributed by atoms with Crippen LogP contribution in [0, 0.1) is 6.92 Å². The summed E-state index contributed by atoms with van der Waals surface area (Å²) >= 11 is 0. The fourth-order valence-electron chi connectivity index (χ4n) is 3.68. The minimum Gasteiger partial charge on any atom is -0.336 e. The first-order valence-corrected chi connectivity index (χ1v) is 8.15. The van der Waals surface area contributed by atoms with E-state index in [9.17, 15) is 4.79 Å². The molecule has 5 nitrogen and oxygen atoms in total. The molecule has 0 saturated carbocycles. The smallest absolute Gasteiger partial charge is 0.240 e. The second-order valence-corrected chi connectivity index (χ2v) is 6.56. The highest BCUT2D eigenvalue weighted by Gasteiger charge is 2.35. The van der Waals surface area contributed by atoms with Crippen molar-refractivity contribution in [3.8, 4) is 0 Å². The Morgan fingerprint density at radius 1 is 1.29 bits per heavy atom. The molecule has 0 aliphatic carbocycles. The van der Waals surface area contributed by atoms with Gasteiger partial charge in [0, 0.05) is 12.7 Å². The number of aryl methyl sites for hydroxylation is 1. The van der Waals surface area contributed by atoms with Crippen LogP contribution in [0.25, 0.3) is 0 Å². The number of carbonyl (C=O) groups excluding carboxylic acids is 1. The van der Waals surface area contributed by atoms with Gasteiger partial charge in [0.25, 0.3) is 0 Å². The van der Waals surface area contributed by atoms with E-state index in [-0.39, 0.29) is 6.04 Å². The van der Waals surface area contributed by atoms with Crippen molar-refractivity contribution in [2.45, 2.75) is 57.7 Å². The van der Waals surface area contributed by atoms with Crippen molar-refractivity contribution in [2.75, 3.05) is 20.1 Å². The second kappa shape index (κ2) is 6.18. The molecule has 2 fully saturated rings. The van der Waals surface area contributed by atoms with Crippen molar-refractivity contribution in [1.82, 2.24) is 19.6 Å². The first kappa shape index (κ1) is 14.6. The number of carbonyl (C=O) groups is 1. The normalized spacial score (nSPS) is 27.2. The van der Waals surface area contributed by atoms with Gasteiger partial charge in [0.2, 0.25) is 5.91 Å². The van der Waals surface area contributed by atoms with Crippen LogP contribution in [0.2, 0.25) is 0 Å². The van der Waals surface area contributed by atoms with E-state index in [4.69, 9.17) is 0 Å². The van der Waals surface area contributed by atoms with Crippen LogP contribution >= 0.6 is 0 Å². The molecule has 0 spiro atoms. The van der Waals surface area contributed by atoms with Gasteiger partial charge in [-0.1, -0.05) is 0 Å². The zero-order chi connectivity index (χ0) is 14.8. The van der Waals surface area contributed by atoms with Gasteiger partial charge >= 0.3 is 0 Å². The molecule has 21 heavy (non-hydrogen) atoms. The Balaban J connectivity index is 1.70. The van der Waals surface area contributed by atoms with Gasteiger partial charge in [-0.3, -0.25) is 14.4 Å². The van der Waals surface area contributed by atoms with E-state index >= 15 is 0 Å². The molecule has 0 radical (unpaired) electrons. The maximum Gasteiger partial charge on any atom is 0.240 e. The number of likely N-dealkylation sites (N-methyl/N-ethyl adjacent to an activating group) is 1. The standard InChI is InChI=1S/C16H26N4O/c1-13-10-17-19(11-13)12-14-6-3-4-9-20(14)16(21)15-7-5-8-18(15)2/h10-11,14-15H,3-9,12H2,1-2H3/t14-,15+/m0/s1. The number of hydrogen-bond donors (Lipinski definition) is 0.